The van der Waals surface area contributed by atoms with Crippen molar-refractivity contribution in [3.8, 4) is 6.07 Å². The summed E-state index contributed by atoms with van der Waals surface area (Å²) in [4.78, 5) is 11.9. The number of carbonyl (C=O) groups excluding carboxylic acids is 1. The molecule has 5 heteroatoms. The van der Waals surface area contributed by atoms with E-state index >= 15 is 0 Å². The van der Waals surface area contributed by atoms with Crippen LogP contribution in [0.2, 0.25) is 0 Å². The maximum atomic E-state index is 9.60. The van der Waals surface area contributed by atoms with Crippen LogP contribution >= 0.6 is 0 Å². The largest absolute Gasteiger partial charge is 0.462 e. The molecule has 0 spiro atoms. The van der Waals surface area contributed by atoms with Crippen molar-refractivity contribution < 1.29 is 9.53 Å². The maximum Gasteiger partial charge on any atom is 0.293 e. The third kappa shape index (κ3) is 6.77. The van der Waals surface area contributed by atoms with Gasteiger partial charge >= 0.3 is 0 Å². The van der Waals surface area contributed by atoms with E-state index in [9.17, 15) is 4.79 Å². The summed E-state index contributed by atoms with van der Waals surface area (Å²) in [6, 6.07) is 9.91. The number of nitriles is 1. The molecule has 0 aromatic heterocycles. The zero-order valence-corrected chi connectivity index (χ0v) is 12.9. The van der Waals surface area contributed by atoms with Gasteiger partial charge in [0.1, 0.15) is 5.60 Å². The van der Waals surface area contributed by atoms with Gasteiger partial charge in [0.2, 0.25) is 0 Å². The summed E-state index contributed by atoms with van der Waals surface area (Å²) in [5.41, 5.74) is 1.62. The highest BCUT2D eigenvalue weighted by Gasteiger charge is 2.09. The Kier molecular flexibility index (Phi) is 6.70. The van der Waals surface area contributed by atoms with E-state index in [4.69, 9.17) is 5.26 Å². The van der Waals surface area contributed by atoms with E-state index in [0.29, 0.717) is 6.47 Å². The standard InChI is InChI=1S/C11H13N3.C5H10O2/c12-9-10-1-3-11(4-2-10)14-7-5-13-6-8-14;1-5(2,3)7-4-6/h1-4,13H,5-8H2;4H,1-3H3. The van der Waals surface area contributed by atoms with Gasteiger partial charge in [0, 0.05) is 31.9 Å². The predicted molar refractivity (Wildman–Crippen MR) is 83.1 cm³/mol. The Morgan fingerprint density at radius 3 is 2.19 bits per heavy atom. The molecule has 114 valence electrons. The van der Waals surface area contributed by atoms with Gasteiger partial charge in [0.25, 0.3) is 6.47 Å². The number of rotatable bonds is 2. The zero-order valence-electron chi connectivity index (χ0n) is 12.9. The summed E-state index contributed by atoms with van der Waals surface area (Å²) in [6.07, 6.45) is 0. The van der Waals surface area contributed by atoms with Gasteiger partial charge in [0.05, 0.1) is 11.6 Å². The molecule has 1 fully saturated rings. The van der Waals surface area contributed by atoms with E-state index < -0.39 is 0 Å². The Bertz CT molecular complexity index is 466. The third-order valence-electron chi connectivity index (χ3n) is 2.88. The lowest BCUT2D eigenvalue weighted by Gasteiger charge is -2.29. The number of nitrogens with one attached hydrogen (secondary N) is 1. The third-order valence-corrected chi connectivity index (χ3v) is 2.88. The molecule has 0 amide bonds. The number of ether oxygens (including phenoxy) is 1. The average molecular weight is 289 g/mol. The topological polar surface area (TPSA) is 65.4 Å². The highest BCUT2D eigenvalue weighted by Crippen LogP contribution is 2.15. The van der Waals surface area contributed by atoms with E-state index in [0.717, 1.165) is 31.7 Å². The minimum Gasteiger partial charge on any atom is -0.462 e. The van der Waals surface area contributed by atoms with Gasteiger partial charge in [-0.05, 0) is 45.0 Å². The summed E-state index contributed by atoms with van der Waals surface area (Å²) in [5.74, 6) is 0. The summed E-state index contributed by atoms with van der Waals surface area (Å²) in [5, 5.41) is 12.0. The number of piperazine rings is 1. The maximum absolute atomic E-state index is 9.60. The van der Waals surface area contributed by atoms with Crippen LogP contribution in [0.5, 0.6) is 0 Å². The van der Waals surface area contributed by atoms with E-state index in [-0.39, 0.29) is 5.60 Å². The van der Waals surface area contributed by atoms with Gasteiger partial charge in [-0.25, -0.2) is 0 Å². The first kappa shape index (κ1) is 17.0. The van der Waals surface area contributed by atoms with Crippen LogP contribution in [0.1, 0.15) is 26.3 Å². The van der Waals surface area contributed by atoms with Gasteiger partial charge in [-0.15, -0.1) is 0 Å². The van der Waals surface area contributed by atoms with Crippen LogP contribution in [-0.4, -0.2) is 38.3 Å². The molecule has 1 aliphatic heterocycles. The normalized spacial score (nSPS) is 14.5. The molecule has 1 aliphatic rings. The highest BCUT2D eigenvalue weighted by molar-refractivity contribution is 5.50. The van der Waals surface area contributed by atoms with Crippen LogP contribution in [-0.2, 0) is 9.53 Å². The summed E-state index contributed by atoms with van der Waals surface area (Å²) >= 11 is 0. The van der Waals surface area contributed by atoms with Gasteiger partial charge in [-0.2, -0.15) is 5.26 Å². The molecule has 1 heterocycles. The van der Waals surface area contributed by atoms with Crippen molar-refractivity contribution in [3.63, 3.8) is 0 Å². The lowest BCUT2D eigenvalue weighted by Crippen LogP contribution is -2.43. The fourth-order valence-electron chi connectivity index (χ4n) is 1.81. The SMILES string of the molecule is CC(C)(C)OC=O.N#Cc1ccc(N2CCNCC2)cc1. The van der Waals surface area contributed by atoms with Crippen molar-refractivity contribution >= 4 is 12.2 Å². The molecule has 2 rings (SSSR count). The van der Waals surface area contributed by atoms with E-state index in [1.54, 1.807) is 0 Å². The quantitative estimate of drug-likeness (QED) is 0.843. The molecule has 1 saturated heterocycles. The van der Waals surface area contributed by atoms with Gasteiger partial charge in [-0.3, -0.25) is 4.79 Å². The lowest BCUT2D eigenvalue weighted by molar-refractivity contribution is -0.138. The first-order valence-corrected chi connectivity index (χ1v) is 7.03. The Morgan fingerprint density at radius 1 is 1.24 bits per heavy atom. The van der Waals surface area contributed by atoms with Crippen molar-refractivity contribution in [1.29, 1.82) is 5.26 Å². The molecule has 0 bridgehead atoms. The van der Waals surface area contributed by atoms with Crippen LogP contribution in [0.25, 0.3) is 0 Å². The molecule has 1 N–H and O–H groups in total. The van der Waals surface area contributed by atoms with Crippen molar-refractivity contribution in [3.05, 3.63) is 29.8 Å². The van der Waals surface area contributed by atoms with Gasteiger partial charge < -0.3 is 15.0 Å². The van der Waals surface area contributed by atoms with E-state index in [1.807, 2.05) is 45.0 Å². The number of carbonyl (C=O) groups is 1. The molecule has 5 nitrogen and oxygen atoms in total. The average Bonchev–Trinajstić information content (AvgIpc) is 2.48. The molecule has 0 radical (unpaired) electrons. The number of benzene rings is 1. The predicted octanol–water partition coefficient (Wildman–Crippen LogP) is 1.93. The Balaban J connectivity index is 0.000000270. The molecule has 0 unspecified atom stereocenters. The molecule has 1 aromatic carbocycles. The minimum atomic E-state index is -0.318. The molecule has 1 aromatic rings. The fourth-order valence-corrected chi connectivity index (χ4v) is 1.81. The number of hydrogen-bond donors (Lipinski definition) is 1. The Morgan fingerprint density at radius 2 is 1.81 bits per heavy atom. The van der Waals surface area contributed by atoms with Crippen molar-refractivity contribution in [2.24, 2.45) is 0 Å². The second-order valence-corrected chi connectivity index (χ2v) is 5.72. The van der Waals surface area contributed by atoms with Gasteiger partial charge in [0.15, 0.2) is 0 Å². The fraction of sp³-hybridized carbons (Fsp3) is 0.500. The zero-order chi connectivity index (χ0) is 15.7. The van der Waals surface area contributed by atoms with E-state index in [2.05, 4.69) is 21.0 Å². The van der Waals surface area contributed by atoms with Crippen LogP contribution in [0.3, 0.4) is 0 Å². The van der Waals surface area contributed by atoms with Crippen molar-refractivity contribution in [2.45, 2.75) is 26.4 Å². The molecular weight excluding hydrogens is 266 g/mol. The lowest BCUT2D eigenvalue weighted by atomic mass is 10.2. The molecule has 0 atom stereocenters. The minimum absolute atomic E-state index is 0.318. The second-order valence-electron chi connectivity index (χ2n) is 5.72. The van der Waals surface area contributed by atoms with Crippen LogP contribution in [0.15, 0.2) is 24.3 Å². The van der Waals surface area contributed by atoms with Crippen molar-refractivity contribution in [2.75, 3.05) is 31.1 Å². The first-order chi connectivity index (χ1) is 9.96. The number of nitrogens with zero attached hydrogens (tertiary/aromatic N) is 2. The molecule has 21 heavy (non-hydrogen) atoms. The number of hydrogen-bond acceptors (Lipinski definition) is 5. The monoisotopic (exact) mass is 289 g/mol. The van der Waals surface area contributed by atoms with Gasteiger partial charge in [-0.1, -0.05) is 0 Å². The first-order valence-electron chi connectivity index (χ1n) is 7.03. The number of anilines is 1. The van der Waals surface area contributed by atoms with Crippen molar-refractivity contribution in [1.82, 2.24) is 5.32 Å². The Hall–Kier alpha value is -2.06. The molecule has 0 saturated carbocycles. The van der Waals surface area contributed by atoms with Crippen LogP contribution in [0, 0.1) is 11.3 Å². The van der Waals surface area contributed by atoms with Crippen LogP contribution in [0.4, 0.5) is 5.69 Å². The van der Waals surface area contributed by atoms with Crippen LogP contribution < -0.4 is 10.2 Å². The summed E-state index contributed by atoms with van der Waals surface area (Å²) in [7, 11) is 0. The summed E-state index contributed by atoms with van der Waals surface area (Å²) in [6.45, 7) is 10.1. The summed E-state index contributed by atoms with van der Waals surface area (Å²) < 4.78 is 4.55. The highest BCUT2D eigenvalue weighted by atomic mass is 16.5. The second kappa shape index (κ2) is 8.28. The van der Waals surface area contributed by atoms with E-state index in [1.165, 1.54) is 5.69 Å². The smallest absolute Gasteiger partial charge is 0.293 e. The Labute approximate surface area is 126 Å². The molecular formula is C16H23N3O2. The molecule has 0 aliphatic carbocycles.